The maximum absolute atomic E-state index is 12.4. The van der Waals surface area contributed by atoms with E-state index in [1.54, 1.807) is 6.20 Å². The van der Waals surface area contributed by atoms with Gasteiger partial charge in [-0.25, -0.2) is 4.98 Å². The molecule has 0 unspecified atom stereocenters. The number of amides is 1. The highest BCUT2D eigenvalue weighted by Gasteiger charge is 2.29. The third kappa shape index (κ3) is 4.25. The molecular formula is C16H26ClN5O. The Bertz CT molecular complexity index is 557. The molecule has 1 aliphatic heterocycles. The highest BCUT2D eigenvalue weighted by atomic mass is 35.5. The summed E-state index contributed by atoms with van der Waals surface area (Å²) in [6.45, 7) is 4.88. The molecule has 0 atom stereocenters. The van der Waals surface area contributed by atoms with Gasteiger partial charge in [0.05, 0.1) is 19.3 Å². The third-order valence-corrected chi connectivity index (χ3v) is 5.24. The van der Waals surface area contributed by atoms with E-state index in [-0.39, 0.29) is 5.91 Å². The van der Waals surface area contributed by atoms with Crippen molar-refractivity contribution in [3.05, 3.63) is 17.2 Å². The van der Waals surface area contributed by atoms with Gasteiger partial charge >= 0.3 is 0 Å². The lowest BCUT2D eigenvalue weighted by Crippen LogP contribution is -2.41. The molecule has 1 aromatic heterocycles. The Kier molecular flexibility index (Phi) is 5.24. The zero-order valence-electron chi connectivity index (χ0n) is 14.0. The fourth-order valence-corrected chi connectivity index (χ4v) is 3.25. The van der Waals surface area contributed by atoms with E-state index in [1.165, 1.54) is 12.8 Å². The summed E-state index contributed by atoms with van der Waals surface area (Å²) in [5.74, 6) is 1.24. The molecule has 3 rings (SSSR count). The minimum Gasteiger partial charge on any atom is -0.340 e. The van der Waals surface area contributed by atoms with E-state index in [0.29, 0.717) is 17.7 Å². The molecule has 6 nitrogen and oxygen atoms in total. The van der Waals surface area contributed by atoms with Gasteiger partial charge in [-0.1, -0.05) is 11.6 Å². The monoisotopic (exact) mass is 339 g/mol. The van der Waals surface area contributed by atoms with Crippen LogP contribution in [0.25, 0.3) is 0 Å². The number of carbonyl (C=O) groups is 1. The van der Waals surface area contributed by atoms with Crippen molar-refractivity contribution >= 4 is 17.5 Å². The lowest BCUT2D eigenvalue weighted by Gasteiger charge is -2.24. The van der Waals surface area contributed by atoms with Crippen LogP contribution in [0.5, 0.6) is 0 Å². The summed E-state index contributed by atoms with van der Waals surface area (Å²) >= 11 is 6.05. The standard InChI is InChI=1S/C16H26ClN5O/c1-19(13-4-5-13)12-16(23)22-7-3-6-21(8-9-22)11-15-18-10-14(17)20(15)2/h10,13H,3-9,11-12H2,1-2H3. The van der Waals surface area contributed by atoms with Crippen molar-refractivity contribution in [3.63, 3.8) is 0 Å². The first-order chi connectivity index (χ1) is 11.0. The highest BCUT2D eigenvalue weighted by molar-refractivity contribution is 6.29. The molecule has 1 aliphatic carbocycles. The highest BCUT2D eigenvalue weighted by Crippen LogP contribution is 2.25. The zero-order chi connectivity index (χ0) is 16.4. The number of imidazole rings is 1. The molecule has 1 saturated heterocycles. The van der Waals surface area contributed by atoms with Crippen LogP contribution in [0.3, 0.4) is 0 Å². The quantitative estimate of drug-likeness (QED) is 0.808. The van der Waals surface area contributed by atoms with Crippen molar-refractivity contribution in [3.8, 4) is 0 Å². The average molecular weight is 340 g/mol. The minimum absolute atomic E-state index is 0.265. The van der Waals surface area contributed by atoms with Crippen LogP contribution in [0.1, 0.15) is 25.1 Å². The number of aromatic nitrogens is 2. The number of rotatable bonds is 5. The molecule has 23 heavy (non-hydrogen) atoms. The van der Waals surface area contributed by atoms with Crippen LogP contribution in [-0.2, 0) is 18.4 Å². The molecule has 0 aromatic carbocycles. The van der Waals surface area contributed by atoms with E-state index in [0.717, 1.165) is 45.0 Å². The van der Waals surface area contributed by atoms with Crippen molar-refractivity contribution in [2.24, 2.45) is 7.05 Å². The SMILES string of the molecule is CN(CC(=O)N1CCCN(Cc2ncc(Cl)n2C)CC1)C1CC1. The van der Waals surface area contributed by atoms with Gasteiger partial charge in [-0.05, 0) is 26.3 Å². The second-order valence-corrected chi connectivity index (χ2v) is 7.10. The summed E-state index contributed by atoms with van der Waals surface area (Å²) in [7, 11) is 4.00. The molecular weight excluding hydrogens is 314 g/mol. The first kappa shape index (κ1) is 16.7. The van der Waals surface area contributed by atoms with Crippen molar-refractivity contribution in [1.29, 1.82) is 0 Å². The summed E-state index contributed by atoms with van der Waals surface area (Å²) in [4.78, 5) is 23.4. The maximum Gasteiger partial charge on any atom is 0.236 e. The van der Waals surface area contributed by atoms with E-state index in [1.807, 2.05) is 16.5 Å². The molecule has 2 aliphatic rings. The largest absolute Gasteiger partial charge is 0.340 e. The van der Waals surface area contributed by atoms with Crippen LogP contribution in [-0.4, -0.2) is 76.0 Å². The topological polar surface area (TPSA) is 44.6 Å². The molecule has 0 bridgehead atoms. The van der Waals surface area contributed by atoms with E-state index < -0.39 is 0 Å². The fraction of sp³-hybridized carbons (Fsp3) is 0.750. The Morgan fingerprint density at radius 2 is 2.13 bits per heavy atom. The molecule has 0 spiro atoms. The van der Waals surface area contributed by atoms with Gasteiger partial charge in [-0.2, -0.15) is 0 Å². The number of hydrogen-bond donors (Lipinski definition) is 0. The smallest absolute Gasteiger partial charge is 0.236 e. The fourth-order valence-electron chi connectivity index (χ4n) is 3.11. The van der Waals surface area contributed by atoms with Gasteiger partial charge in [0.2, 0.25) is 5.91 Å². The predicted molar refractivity (Wildman–Crippen MR) is 90.3 cm³/mol. The van der Waals surface area contributed by atoms with Crippen molar-refractivity contribution < 1.29 is 4.79 Å². The van der Waals surface area contributed by atoms with E-state index in [2.05, 4.69) is 21.8 Å². The van der Waals surface area contributed by atoms with Gasteiger partial charge in [0.1, 0.15) is 11.0 Å². The average Bonchev–Trinajstić information content (AvgIpc) is 3.33. The van der Waals surface area contributed by atoms with Crippen LogP contribution in [0.4, 0.5) is 0 Å². The Balaban J connectivity index is 1.50. The van der Waals surface area contributed by atoms with Crippen LogP contribution in [0.15, 0.2) is 6.20 Å². The normalized spacial score (nSPS) is 20.1. The van der Waals surface area contributed by atoms with Gasteiger partial charge < -0.3 is 9.47 Å². The molecule has 0 N–H and O–H groups in total. The molecule has 2 fully saturated rings. The van der Waals surface area contributed by atoms with E-state index in [9.17, 15) is 4.79 Å². The van der Waals surface area contributed by atoms with Crippen LogP contribution in [0.2, 0.25) is 5.15 Å². The third-order valence-electron chi connectivity index (χ3n) is 4.89. The number of halogens is 1. The van der Waals surface area contributed by atoms with E-state index in [4.69, 9.17) is 11.6 Å². The Hall–Kier alpha value is -1.11. The van der Waals surface area contributed by atoms with Gasteiger partial charge in [0.25, 0.3) is 0 Å². The maximum atomic E-state index is 12.4. The summed E-state index contributed by atoms with van der Waals surface area (Å²) < 4.78 is 1.92. The van der Waals surface area contributed by atoms with Gasteiger partial charge in [-0.15, -0.1) is 0 Å². The Morgan fingerprint density at radius 3 is 2.78 bits per heavy atom. The van der Waals surface area contributed by atoms with Crippen molar-refractivity contribution in [2.75, 3.05) is 39.8 Å². The molecule has 0 radical (unpaired) electrons. The number of nitrogens with zero attached hydrogens (tertiary/aromatic N) is 5. The first-order valence-electron chi connectivity index (χ1n) is 8.41. The summed E-state index contributed by atoms with van der Waals surface area (Å²) in [6.07, 6.45) is 5.18. The van der Waals surface area contributed by atoms with Gasteiger partial charge in [0, 0.05) is 39.3 Å². The van der Waals surface area contributed by atoms with Gasteiger partial charge in [0.15, 0.2) is 0 Å². The van der Waals surface area contributed by atoms with Crippen LogP contribution >= 0.6 is 11.6 Å². The second kappa shape index (κ2) is 7.20. The van der Waals surface area contributed by atoms with Crippen molar-refractivity contribution in [2.45, 2.75) is 31.8 Å². The predicted octanol–water partition coefficient (Wildman–Crippen LogP) is 1.20. The minimum atomic E-state index is 0.265. The molecule has 2 heterocycles. The van der Waals surface area contributed by atoms with Crippen molar-refractivity contribution in [1.82, 2.24) is 24.3 Å². The van der Waals surface area contributed by atoms with E-state index >= 15 is 0 Å². The summed E-state index contributed by atoms with van der Waals surface area (Å²) in [5.41, 5.74) is 0. The summed E-state index contributed by atoms with van der Waals surface area (Å²) in [6, 6.07) is 0.635. The van der Waals surface area contributed by atoms with Crippen LogP contribution < -0.4 is 0 Å². The first-order valence-corrected chi connectivity index (χ1v) is 8.79. The second-order valence-electron chi connectivity index (χ2n) is 6.71. The van der Waals surface area contributed by atoms with Crippen LogP contribution in [0, 0.1) is 0 Å². The number of likely N-dealkylation sites (N-methyl/N-ethyl adjacent to an activating group) is 1. The lowest BCUT2D eigenvalue weighted by atomic mass is 10.3. The molecule has 1 saturated carbocycles. The number of carbonyl (C=O) groups excluding carboxylic acids is 1. The van der Waals surface area contributed by atoms with Gasteiger partial charge in [-0.3, -0.25) is 14.6 Å². The summed E-state index contributed by atoms with van der Waals surface area (Å²) in [5, 5.41) is 0.662. The number of hydrogen-bond acceptors (Lipinski definition) is 4. The molecule has 1 aromatic rings. The lowest BCUT2D eigenvalue weighted by molar-refractivity contribution is -0.132. The molecule has 7 heteroatoms. The zero-order valence-corrected chi connectivity index (χ0v) is 14.8. The Morgan fingerprint density at radius 1 is 1.35 bits per heavy atom. The Labute approximate surface area is 143 Å². The molecule has 1 amide bonds. The molecule has 128 valence electrons.